The summed E-state index contributed by atoms with van der Waals surface area (Å²) in [6.07, 6.45) is 2.74. The molecule has 130 valence electrons. The molecule has 2 aromatic carbocycles. The summed E-state index contributed by atoms with van der Waals surface area (Å²) >= 11 is 0. The number of hydrogen-bond donors (Lipinski definition) is 1. The number of fused-ring (bicyclic) bond motifs is 1. The largest absolute Gasteiger partial charge is 0.367 e. The first-order valence-corrected chi connectivity index (χ1v) is 8.89. The van der Waals surface area contributed by atoms with Crippen LogP contribution >= 0.6 is 0 Å². The van der Waals surface area contributed by atoms with Crippen molar-refractivity contribution in [1.82, 2.24) is 10.3 Å². The van der Waals surface area contributed by atoms with E-state index in [4.69, 9.17) is 0 Å². The molecule has 1 amide bonds. The molecular weight excluding hydrogens is 322 g/mol. The van der Waals surface area contributed by atoms with Gasteiger partial charge in [-0.25, -0.2) is 0 Å². The van der Waals surface area contributed by atoms with E-state index in [1.807, 2.05) is 42.5 Å². The van der Waals surface area contributed by atoms with Crippen LogP contribution in [0.15, 0.2) is 72.9 Å². The van der Waals surface area contributed by atoms with E-state index in [-0.39, 0.29) is 5.91 Å². The highest BCUT2D eigenvalue weighted by Gasteiger charge is 2.17. The second-order valence-corrected chi connectivity index (χ2v) is 6.51. The van der Waals surface area contributed by atoms with Crippen molar-refractivity contribution in [1.29, 1.82) is 0 Å². The maximum atomic E-state index is 12.5. The molecule has 1 aromatic heterocycles. The molecule has 3 aromatic rings. The SMILES string of the molecule is O=C(NCc1ccccc1)c1cc(N2CCc3ccccc3C2)ccn1. The Labute approximate surface area is 153 Å². The first kappa shape index (κ1) is 16.3. The summed E-state index contributed by atoms with van der Waals surface area (Å²) < 4.78 is 0. The van der Waals surface area contributed by atoms with Crippen LogP contribution in [0.5, 0.6) is 0 Å². The molecule has 26 heavy (non-hydrogen) atoms. The topological polar surface area (TPSA) is 45.2 Å². The quantitative estimate of drug-likeness (QED) is 0.788. The van der Waals surface area contributed by atoms with Crippen molar-refractivity contribution < 1.29 is 4.79 Å². The average Bonchev–Trinajstić information content (AvgIpc) is 2.72. The summed E-state index contributed by atoms with van der Waals surface area (Å²) in [4.78, 5) is 19.0. The van der Waals surface area contributed by atoms with Crippen LogP contribution < -0.4 is 10.2 Å². The molecule has 4 nitrogen and oxygen atoms in total. The lowest BCUT2D eigenvalue weighted by molar-refractivity contribution is 0.0946. The first-order valence-electron chi connectivity index (χ1n) is 8.89. The normalized spacial score (nSPS) is 13.2. The molecule has 1 aliphatic rings. The number of aromatic nitrogens is 1. The molecular formula is C22H21N3O. The number of carbonyl (C=O) groups excluding carboxylic acids is 1. The third-order valence-electron chi connectivity index (χ3n) is 4.77. The van der Waals surface area contributed by atoms with E-state index < -0.39 is 0 Å². The smallest absolute Gasteiger partial charge is 0.270 e. The Bertz CT molecular complexity index is 908. The predicted octanol–water partition coefficient (Wildman–Crippen LogP) is 3.57. The molecule has 4 rings (SSSR count). The zero-order valence-electron chi connectivity index (χ0n) is 14.6. The van der Waals surface area contributed by atoms with E-state index >= 15 is 0 Å². The highest BCUT2D eigenvalue weighted by molar-refractivity contribution is 5.93. The fourth-order valence-corrected chi connectivity index (χ4v) is 3.33. The van der Waals surface area contributed by atoms with Crippen molar-refractivity contribution in [2.24, 2.45) is 0 Å². The molecule has 0 saturated carbocycles. The number of pyridine rings is 1. The Kier molecular flexibility index (Phi) is 4.65. The lowest BCUT2D eigenvalue weighted by atomic mass is 9.99. The summed E-state index contributed by atoms with van der Waals surface area (Å²) in [6, 6.07) is 22.3. The lowest BCUT2D eigenvalue weighted by Gasteiger charge is -2.30. The van der Waals surface area contributed by atoms with E-state index in [1.165, 1.54) is 11.1 Å². The van der Waals surface area contributed by atoms with Crippen molar-refractivity contribution in [2.45, 2.75) is 19.5 Å². The Hall–Kier alpha value is -3.14. The van der Waals surface area contributed by atoms with Crippen LogP contribution in [0, 0.1) is 0 Å². The Morgan fingerprint density at radius 1 is 1.00 bits per heavy atom. The van der Waals surface area contributed by atoms with E-state index in [0.29, 0.717) is 12.2 Å². The van der Waals surface area contributed by atoms with Crippen LogP contribution in [-0.4, -0.2) is 17.4 Å². The number of benzene rings is 2. The molecule has 0 spiro atoms. The van der Waals surface area contributed by atoms with Gasteiger partial charge in [-0.15, -0.1) is 0 Å². The molecule has 4 heteroatoms. The van der Waals surface area contributed by atoms with Gasteiger partial charge in [0, 0.05) is 31.5 Å². The highest BCUT2D eigenvalue weighted by Crippen LogP contribution is 2.24. The van der Waals surface area contributed by atoms with Gasteiger partial charge in [-0.1, -0.05) is 54.6 Å². The summed E-state index contributed by atoms with van der Waals surface area (Å²) in [7, 11) is 0. The van der Waals surface area contributed by atoms with Crippen molar-refractivity contribution in [3.8, 4) is 0 Å². The third kappa shape index (κ3) is 3.59. The van der Waals surface area contributed by atoms with Gasteiger partial charge in [-0.2, -0.15) is 0 Å². The maximum absolute atomic E-state index is 12.5. The number of nitrogens with one attached hydrogen (secondary N) is 1. The Morgan fingerprint density at radius 3 is 2.62 bits per heavy atom. The minimum Gasteiger partial charge on any atom is -0.367 e. The molecule has 0 unspecified atom stereocenters. The Morgan fingerprint density at radius 2 is 1.77 bits per heavy atom. The lowest BCUT2D eigenvalue weighted by Crippen LogP contribution is -2.31. The number of rotatable bonds is 4. The van der Waals surface area contributed by atoms with Crippen LogP contribution in [0.3, 0.4) is 0 Å². The van der Waals surface area contributed by atoms with Gasteiger partial charge in [0.15, 0.2) is 0 Å². The van der Waals surface area contributed by atoms with Gasteiger partial charge >= 0.3 is 0 Å². The average molecular weight is 343 g/mol. The van der Waals surface area contributed by atoms with E-state index in [0.717, 1.165) is 30.8 Å². The van der Waals surface area contributed by atoms with Crippen LogP contribution in [0.2, 0.25) is 0 Å². The minimum absolute atomic E-state index is 0.145. The molecule has 1 N–H and O–H groups in total. The van der Waals surface area contributed by atoms with Crippen LogP contribution in [0.25, 0.3) is 0 Å². The molecule has 0 bridgehead atoms. The number of nitrogens with zero attached hydrogens (tertiary/aromatic N) is 2. The first-order chi connectivity index (χ1) is 12.8. The molecule has 0 aliphatic carbocycles. The summed E-state index contributed by atoms with van der Waals surface area (Å²) in [5, 5.41) is 2.94. The number of anilines is 1. The number of amides is 1. The molecule has 0 atom stereocenters. The van der Waals surface area contributed by atoms with Gasteiger partial charge in [0.2, 0.25) is 0 Å². The van der Waals surface area contributed by atoms with Gasteiger partial charge in [0.05, 0.1) is 0 Å². The summed E-state index contributed by atoms with van der Waals surface area (Å²) in [6.45, 7) is 2.32. The van der Waals surface area contributed by atoms with Crippen LogP contribution in [0.4, 0.5) is 5.69 Å². The van der Waals surface area contributed by atoms with Crippen molar-refractivity contribution in [3.63, 3.8) is 0 Å². The van der Waals surface area contributed by atoms with Crippen molar-refractivity contribution in [3.05, 3.63) is 95.3 Å². The summed E-state index contributed by atoms with van der Waals surface area (Å²) in [5.74, 6) is -0.145. The molecule has 0 radical (unpaired) electrons. The second-order valence-electron chi connectivity index (χ2n) is 6.51. The van der Waals surface area contributed by atoms with Gasteiger partial charge in [0.1, 0.15) is 5.69 Å². The number of carbonyl (C=O) groups is 1. The number of hydrogen-bond acceptors (Lipinski definition) is 3. The van der Waals surface area contributed by atoms with Crippen LogP contribution in [-0.2, 0) is 19.5 Å². The molecule has 0 fully saturated rings. The van der Waals surface area contributed by atoms with Crippen LogP contribution in [0.1, 0.15) is 27.2 Å². The monoisotopic (exact) mass is 343 g/mol. The van der Waals surface area contributed by atoms with E-state index in [1.54, 1.807) is 6.20 Å². The van der Waals surface area contributed by atoms with E-state index in [9.17, 15) is 4.79 Å². The molecule has 2 heterocycles. The second kappa shape index (κ2) is 7.40. The fourth-order valence-electron chi connectivity index (χ4n) is 3.33. The zero-order chi connectivity index (χ0) is 17.8. The molecule has 0 saturated heterocycles. The summed E-state index contributed by atoms with van der Waals surface area (Å²) in [5.41, 5.74) is 5.34. The third-order valence-corrected chi connectivity index (χ3v) is 4.77. The molecule has 1 aliphatic heterocycles. The fraction of sp³-hybridized carbons (Fsp3) is 0.182. The Balaban J connectivity index is 1.46. The predicted molar refractivity (Wildman–Crippen MR) is 103 cm³/mol. The van der Waals surface area contributed by atoms with Gasteiger partial charge in [-0.3, -0.25) is 9.78 Å². The maximum Gasteiger partial charge on any atom is 0.270 e. The standard InChI is InChI=1S/C22H21N3O/c26-22(24-15-17-6-2-1-3-7-17)21-14-20(10-12-23-21)25-13-11-18-8-4-5-9-19(18)16-25/h1-10,12,14H,11,13,15-16H2,(H,24,26). The van der Waals surface area contributed by atoms with E-state index in [2.05, 4.69) is 39.5 Å². The van der Waals surface area contributed by atoms with Gasteiger partial charge in [-0.05, 0) is 35.2 Å². The van der Waals surface area contributed by atoms with Crippen molar-refractivity contribution in [2.75, 3.05) is 11.4 Å². The van der Waals surface area contributed by atoms with Gasteiger partial charge in [0.25, 0.3) is 5.91 Å². The zero-order valence-corrected chi connectivity index (χ0v) is 14.6. The van der Waals surface area contributed by atoms with Gasteiger partial charge < -0.3 is 10.2 Å². The van der Waals surface area contributed by atoms with Crippen molar-refractivity contribution >= 4 is 11.6 Å². The highest BCUT2D eigenvalue weighted by atomic mass is 16.1. The minimum atomic E-state index is -0.145.